The van der Waals surface area contributed by atoms with Crippen LogP contribution in [0.15, 0.2) is 24.3 Å². The maximum absolute atomic E-state index is 11.0. The summed E-state index contributed by atoms with van der Waals surface area (Å²) in [6, 6.07) is 6.93. The van der Waals surface area contributed by atoms with Gasteiger partial charge >= 0.3 is 5.97 Å². The SMILES string of the molecule is CC(CO)N(C)Cc1ccccc1C(=O)O. The Labute approximate surface area is 95.1 Å². The molecule has 0 saturated carbocycles. The number of aliphatic hydroxyl groups is 1. The number of hydrogen-bond donors (Lipinski definition) is 2. The molecule has 16 heavy (non-hydrogen) atoms. The first-order valence-corrected chi connectivity index (χ1v) is 5.18. The Morgan fingerprint density at radius 2 is 2.06 bits per heavy atom. The summed E-state index contributed by atoms with van der Waals surface area (Å²) in [5, 5.41) is 18.0. The summed E-state index contributed by atoms with van der Waals surface area (Å²) in [6.07, 6.45) is 0. The molecule has 0 bridgehead atoms. The van der Waals surface area contributed by atoms with Crippen molar-refractivity contribution in [2.45, 2.75) is 19.5 Å². The smallest absolute Gasteiger partial charge is 0.336 e. The topological polar surface area (TPSA) is 60.8 Å². The van der Waals surface area contributed by atoms with E-state index in [1.54, 1.807) is 18.2 Å². The summed E-state index contributed by atoms with van der Waals surface area (Å²) in [7, 11) is 1.86. The molecule has 0 aliphatic heterocycles. The van der Waals surface area contributed by atoms with Gasteiger partial charge in [-0.3, -0.25) is 4.90 Å². The van der Waals surface area contributed by atoms with Crippen LogP contribution >= 0.6 is 0 Å². The first kappa shape index (κ1) is 12.7. The minimum atomic E-state index is -0.916. The van der Waals surface area contributed by atoms with E-state index in [4.69, 9.17) is 10.2 Å². The van der Waals surface area contributed by atoms with Crippen molar-refractivity contribution in [3.05, 3.63) is 35.4 Å². The molecular weight excluding hydrogens is 206 g/mol. The molecule has 0 spiro atoms. The van der Waals surface area contributed by atoms with Crippen LogP contribution in [0.5, 0.6) is 0 Å². The van der Waals surface area contributed by atoms with Crippen LogP contribution in [0, 0.1) is 0 Å². The van der Waals surface area contributed by atoms with Crippen LogP contribution < -0.4 is 0 Å². The fraction of sp³-hybridized carbons (Fsp3) is 0.417. The van der Waals surface area contributed by atoms with Gasteiger partial charge in [0.2, 0.25) is 0 Å². The number of aliphatic hydroxyl groups excluding tert-OH is 1. The monoisotopic (exact) mass is 223 g/mol. The number of carboxylic acids is 1. The third-order valence-corrected chi connectivity index (χ3v) is 2.68. The lowest BCUT2D eigenvalue weighted by Crippen LogP contribution is -2.31. The van der Waals surface area contributed by atoms with Crippen LogP contribution in [0.25, 0.3) is 0 Å². The summed E-state index contributed by atoms with van der Waals surface area (Å²) in [4.78, 5) is 12.9. The predicted octanol–water partition coefficient (Wildman–Crippen LogP) is 1.20. The summed E-state index contributed by atoms with van der Waals surface area (Å²) < 4.78 is 0. The number of carbonyl (C=O) groups is 1. The van der Waals surface area contributed by atoms with Crippen molar-refractivity contribution in [3.63, 3.8) is 0 Å². The molecule has 0 aliphatic carbocycles. The summed E-state index contributed by atoms with van der Waals surface area (Å²) >= 11 is 0. The van der Waals surface area contributed by atoms with Crippen LogP contribution in [-0.4, -0.2) is 40.8 Å². The zero-order valence-electron chi connectivity index (χ0n) is 9.55. The quantitative estimate of drug-likeness (QED) is 0.787. The normalized spacial score (nSPS) is 12.8. The number of hydrogen-bond acceptors (Lipinski definition) is 3. The van der Waals surface area contributed by atoms with Crippen LogP contribution in [0.4, 0.5) is 0 Å². The average Bonchev–Trinajstić information content (AvgIpc) is 2.28. The van der Waals surface area contributed by atoms with E-state index in [1.807, 2.05) is 24.9 Å². The van der Waals surface area contributed by atoms with Gasteiger partial charge in [-0.1, -0.05) is 18.2 Å². The molecule has 1 aromatic rings. The van der Waals surface area contributed by atoms with E-state index in [0.717, 1.165) is 5.56 Å². The highest BCUT2D eigenvalue weighted by Crippen LogP contribution is 2.12. The summed E-state index contributed by atoms with van der Waals surface area (Å²) in [5.41, 5.74) is 1.08. The first-order chi connectivity index (χ1) is 7.56. The fourth-order valence-electron chi connectivity index (χ4n) is 1.43. The molecule has 0 fully saturated rings. The molecule has 88 valence electrons. The van der Waals surface area contributed by atoms with Crippen molar-refractivity contribution in [1.82, 2.24) is 4.90 Å². The van der Waals surface area contributed by atoms with Crippen molar-refractivity contribution in [2.24, 2.45) is 0 Å². The van der Waals surface area contributed by atoms with E-state index < -0.39 is 5.97 Å². The highest BCUT2D eigenvalue weighted by Gasteiger charge is 2.13. The van der Waals surface area contributed by atoms with E-state index in [0.29, 0.717) is 12.1 Å². The van der Waals surface area contributed by atoms with Gasteiger partial charge in [-0.2, -0.15) is 0 Å². The summed E-state index contributed by atoms with van der Waals surface area (Å²) in [5.74, 6) is -0.916. The Balaban J connectivity index is 2.84. The number of benzene rings is 1. The Morgan fingerprint density at radius 3 is 2.62 bits per heavy atom. The molecule has 1 atom stereocenters. The van der Waals surface area contributed by atoms with Crippen LogP contribution in [0.1, 0.15) is 22.8 Å². The Hall–Kier alpha value is -1.39. The highest BCUT2D eigenvalue weighted by atomic mass is 16.4. The van der Waals surface area contributed by atoms with Gasteiger partial charge in [0.1, 0.15) is 0 Å². The predicted molar refractivity (Wildman–Crippen MR) is 61.4 cm³/mol. The maximum Gasteiger partial charge on any atom is 0.336 e. The van der Waals surface area contributed by atoms with Gasteiger partial charge in [0.05, 0.1) is 12.2 Å². The van der Waals surface area contributed by atoms with Gasteiger partial charge in [-0.25, -0.2) is 4.79 Å². The summed E-state index contributed by atoms with van der Waals surface area (Å²) in [6.45, 7) is 2.47. The van der Waals surface area contributed by atoms with E-state index >= 15 is 0 Å². The third-order valence-electron chi connectivity index (χ3n) is 2.68. The van der Waals surface area contributed by atoms with Gasteiger partial charge in [0.25, 0.3) is 0 Å². The lowest BCUT2D eigenvalue weighted by atomic mass is 10.1. The van der Waals surface area contributed by atoms with Gasteiger partial charge in [-0.05, 0) is 25.6 Å². The number of nitrogens with zero attached hydrogens (tertiary/aromatic N) is 1. The van der Waals surface area contributed by atoms with Crippen molar-refractivity contribution < 1.29 is 15.0 Å². The molecule has 1 aromatic carbocycles. The second-order valence-corrected chi connectivity index (χ2v) is 3.91. The zero-order valence-corrected chi connectivity index (χ0v) is 9.55. The molecule has 0 heterocycles. The number of likely N-dealkylation sites (N-methyl/N-ethyl adjacent to an activating group) is 1. The Bertz CT molecular complexity index is 365. The van der Waals surface area contributed by atoms with Crippen molar-refractivity contribution >= 4 is 5.97 Å². The molecular formula is C12H17NO3. The molecule has 4 nitrogen and oxygen atoms in total. The molecule has 0 aromatic heterocycles. The van der Waals surface area contributed by atoms with Gasteiger partial charge in [0, 0.05) is 12.6 Å². The van der Waals surface area contributed by atoms with Crippen molar-refractivity contribution in [2.75, 3.05) is 13.7 Å². The third kappa shape index (κ3) is 3.05. The molecule has 0 aliphatic rings. The van der Waals surface area contributed by atoms with Gasteiger partial charge in [-0.15, -0.1) is 0 Å². The standard InChI is InChI=1S/C12H17NO3/c1-9(8-14)13(2)7-10-5-3-4-6-11(10)12(15)16/h3-6,9,14H,7-8H2,1-2H3,(H,15,16). The Kier molecular flexibility index (Phi) is 4.46. The van der Waals surface area contributed by atoms with E-state index in [-0.39, 0.29) is 12.6 Å². The van der Waals surface area contributed by atoms with E-state index in [9.17, 15) is 4.79 Å². The second-order valence-electron chi connectivity index (χ2n) is 3.91. The van der Waals surface area contributed by atoms with Gasteiger partial charge < -0.3 is 10.2 Å². The molecule has 1 unspecified atom stereocenters. The van der Waals surface area contributed by atoms with Crippen LogP contribution in [0.3, 0.4) is 0 Å². The molecule has 0 amide bonds. The average molecular weight is 223 g/mol. The second kappa shape index (κ2) is 5.63. The van der Waals surface area contributed by atoms with Crippen LogP contribution in [-0.2, 0) is 6.54 Å². The highest BCUT2D eigenvalue weighted by molar-refractivity contribution is 5.89. The fourth-order valence-corrected chi connectivity index (χ4v) is 1.43. The minimum Gasteiger partial charge on any atom is -0.478 e. The van der Waals surface area contributed by atoms with Gasteiger partial charge in [0.15, 0.2) is 0 Å². The van der Waals surface area contributed by atoms with Crippen LogP contribution in [0.2, 0.25) is 0 Å². The molecule has 4 heteroatoms. The minimum absolute atomic E-state index is 0.0156. The molecule has 0 radical (unpaired) electrons. The maximum atomic E-state index is 11.0. The van der Waals surface area contributed by atoms with Crippen molar-refractivity contribution in [3.8, 4) is 0 Å². The van der Waals surface area contributed by atoms with Crippen molar-refractivity contribution in [1.29, 1.82) is 0 Å². The lowest BCUT2D eigenvalue weighted by molar-refractivity contribution is 0.0694. The zero-order chi connectivity index (χ0) is 12.1. The number of aromatic carboxylic acids is 1. The first-order valence-electron chi connectivity index (χ1n) is 5.18. The van der Waals surface area contributed by atoms with E-state index in [1.165, 1.54) is 0 Å². The largest absolute Gasteiger partial charge is 0.478 e. The Morgan fingerprint density at radius 1 is 1.44 bits per heavy atom. The lowest BCUT2D eigenvalue weighted by Gasteiger charge is -2.23. The van der Waals surface area contributed by atoms with E-state index in [2.05, 4.69) is 0 Å². The molecule has 1 rings (SSSR count). The number of rotatable bonds is 5. The molecule has 2 N–H and O–H groups in total. The number of carboxylic acid groups (broad SMARTS) is 1. The molecule has 0 saturated heterocycles.